The average Bonchev–Trinajstić information content (AvgIpc) is 2.68. The molecule has 7 heteroatoms. The maximum atomic E-state index is 12.0. The van der Waals surface area contributed by atoms with Gasteiger partial charge in [0.25, 0.3) is 5.91 Å². The highest BCUT2D eigenvalue weighted by molar-refractivity contribution is 6.07. The smallest absolute Gasteiger partial charge is 0.450 e. The number of hydrogen-bond acceptors (Lipinski definition) is 5. The second-order valence-corrected chi connectivity index (χ2v) is 5.49. The normalized spacial score (nSPS) is 26.2. The first kappa shape index (κ1) is 14.5. The second-order valence-electron chi connectivity index (χ2n) is 5.49. The predicted molar refractivity (Wildman–Crippen MR) is 72.7 cm³/mol. The van der Waals surface area contributed by atoms with Crippen molar-refractivity contribution in [3.8, 4) is 0 Å². The lowest BCUT2D eigenvalue weighted by Crippen LogP contribution is -2.53. The summed E-state index contributed by atoms with van der Waals surface area (Å²) in [6.07, 6.45) is 0.0135. The Hall–Kier alpha value is -2.41. The molecule has 0 spiro atoms. The Morgan fingerprint density at radius 1 is 1.18 bits per heavy atom. The molecular formula is C15H15NO6. The Morgan fingerprint density at radius 2 is 1.86 bits per heavy atom. The third-order valence-electron chi connectivity index (χ3n) is 4.07. The van der Waals surface area contributed by atoms with Gasteiger partial charge in [-0.15, -0.1) is 0 Å². The van der Waals surface area contributed by atoms with Crippen LogP contribution in [0.4, 0.5) is 4.79 Å². The number of amides is 2. The highest BCUT2D eigenvalue weighted by atomic mass is 16.8. The van der Waals surface area contributed by atoms with E-state index in [4.69, 9.17) is 14.6 Å². The van der Waals surface area contributed by atoms with Gasteiger partial charge in [-0.05, 0) is 24.8 Å². The lowest BCUT2D eigenvalue weighted by atomic mass is 9.74. The number of imide groups is 1. The maximum Gasteiger partial charge on any atom is 0.508 e. The van der Waals surface area contributed by atoms with Gasteiger partial charge in [-0.2, -0.15) is 0 Å². The monoisotopic (exact) mass is 305 g/mol. The van der Waals surface area contributed by atoms with Gasteiger partial charge in [0.15, 0.2) is 0 Å². The highest BCUT2D eigenvalue weighted by Crippen LogP contribution is 2.48. The van der Waals surface area contributed by atoms with Gasteiger partial charge in [-0.1, -0.05) is 30.3 Å². The summed E-state index contributed by atoms with van der Waals surface area (Å²) < 4.78 is 10.6. The molecule has 116 valence electrons. The lowest BCUT2D eigenvalue weighted by Gasteiger charge is -2.45. The van der Waals surface area contributed by atoms with Gasteiger partial charge < -0.3 is 14.6 Å². The van der Waals surface area contributed by atoms with E-state index < -0.39 is 35.8 Å². The summed E-state index contributed by atoms with van der Waals surface area (Å²) in [6, 6.07) is 9.22. The molecule has 2 N–H and O–H groups in total. The first-order valence-electron chi connectivity index (χ1n) is 6.98. The molecule has 1 aliphatic heterocycles. The van der Waals surface area contributed by atoms with Crippen molar-refractivity contribution in [1.82, 2.24) is 5.32 Å². The van der Waals surface area contributed by atoms with E-state index in [1.54, 1.807) is 0 Å². The fourth-order valence-corrected chi connectivity index (χ4v) is 2.89. The highest BCUT2D eigenvalue weighted by Gasteiger charge is 2.58. The summed E-state index contributed by atoms with van der Waals surface area (Å²) in [7, 11) is 0. The van der Waals surface area contributed by atoms with Gasteiger partial charge >= 0.3 is 11.9 Å². The van der Waals surface area contributed by atoms with E-state index in [1.807, 2.05) is 35.6 Å². The van der Waals surface area contributed by atoms with E-state index in [0.717, 1.165) is 12.0 Å². The second kappa shape index (κ2) is 5.10. The maximum absolute atomic E-state index is 12.0. The topological polar surface area (TPSA) is 102 Å². The third-order valence-corrected chi connectivity index (χ3v) is 4.07. The first-order valence-corrected chi connectivity index (χ1v) is 6.98. The number of carbonyl (C=O) groups excluding carboxylic acids is 2. The van der Waals surface area contributed by atoms with E-state index in [2.05, 4.69) is 0 Å². The van der Waals surface area contributed by atoms with Crippen molar-refractivity contribution in [3.63, 3.8) is 0 Å². The van der Waals surface area contributed by atoms with Crippen LogP contribution in [0.1, 0.15) is 31.2 Å². The molecule has 0 radical (unpaired) electrons. The SMILES string of the molecule is O=C1CC(OC(=O)O)(OC2(c3ccccc3)CCC2)C(=O)N1. The Bertz CT molecular complexity index is 624. The molecule has 1 aromatic carbocycles. The molecule has 2 amide bonds. The van der Waals surface area contributed by atoms with Crippen molar-refractivity contribution in [2.24, 2.45) is 0 Å². The number of carbonyl (C=O) groups is 3. The van der Waals surface area contributed by atoms with E-state index in [9.17, 15) is 14.4 Å². The summed E-state index contributed by atoms with van der Waals surface area (Å²) in [6.45, 7) is 0. The molecule has 0 aromatic heterocycles. The Kier molecular flexibility index (Phi) is 3.37. The number of rotatable bonds is 4. The molecular weight excluding hydrogens is 290 g/mol. The van der Waals surface area contributed by atoms with Gasteiger partial charge in [0.1, 0.15) is 6.42 Å². The van der Waals surface area contributed by atoms with Crippen LogP contribution in [0, 0.1) is 0 Å². The summed E-state index contributed by atoms with van der Waals surface area (Å²) in [5, 5.41) is 11.0. The minimum atomic E-state index is -2.11. The molecule has 1 atom stereocenters. The van der Waals surface area contributed by atoms with Crippen molar-refractivity contribution >= 4 is 18.0 Å². The van der Waals surface area contributed by atoms with Gasteiger partial charge in [0.05, 0.1) is 5.60 Å². The van der Waals surface area contributed by atoms with Gasteiger partial charge in [0.2, 0.25) is 5.91 Å². The van der Waals surface area contributed by atoms with Gasteiger partial charge in [-0.3, -0.25) is 14.9 Å². The van der Waals surface area contributed by atoms with Gasteiger partial charge in [-0.25, -0.2) is 4.79 Å². The molecule has 7 nitrogen and oxygen atoms in total. The third kappa shape index (κ3) is 2.33. The van der Waals surface area contributed by atoms with Crippen LogP contribution in [-0.4, -0.2) is 28.9 Å². The Balaban J connectivity index is 1.94. The molecule has 3 rings (SSSR count). The number of nitrogens with one attached hydrogen (secondary N) is 1. The molecule has 22 heavy (non-hydrogen) atoms. The van der Waals surface area contributed by atoms with Crippen LogP contribution in [0.3, 0.4) is 0 Å². The van der Waals surface area contributed by atoms with Crippen molar-refractivity contribution < 1.29 is 29.0 Å². The van der Waals surface area contributed by atoms with Crippen molar-refractivity contribution in [1.29, 1.82) is 0 Å². The lowest BCUT2D eigenvalue weighted by molar-refractivity contribution is -0.273. The predicted octanol–water partition coefficient (Wildman–Crippen LogP) is 1.52. The molecule has 1 unspecified atom stereocenters. The Morgan fingerprint density at radius 3 is 2.32 bits per heavy atom. The van der Waals surface area contributed by atoms with Crippen LogP contribution >= 0.6 is 0 Å². The molecule has 2 aliphatic rings. The standard InChI is InChI=1S/C15H15NO6/c17-11-9-15(12(18)16-11,21-13(19)20)22-14(7-4-8-14)10-5-2-1-3-6-10/h1-3,5-6H,4,7-9H2,(H,19,20)(H,16,17,18). The number of ether oxygens (including phenoxy) is 2. The molecule has 0 bridgehead atoms. The van der Waals surface area contributed by atoms with Crippen molar-refractivity contribution in [2.75, 3.05) is 0 Å². The molecule has 1 saturated heterocycles. The summed E-state index contributed by atoms with van der Waals surface area (Å²) in [4.78, 5) is 34.5. The van der Waals surface area contributed by atoms with Crippen LogP contribution in [0.25, 0.3) is 0 Å². The average molecular weight is 305 g/mol. The molecule has 1 saturated carbocycles. The molecule has 1 heterocycles. The van der Waals surface area contributed by atoms with Crippen molar-refractivity contribution in [2.45, 2.75) is 37.1 Å². The largest absolute Gasteiger partial charge is 0.508 e. The van der Waals surface area contributed by atoms with E-state index in [0.29, 0.717) is 12.8 Å². The van der Waals surface area contributed by atoms with Crippen LogP contribution in [0.15, 0.2) is 30.3 Å². The first-order chi connectivity index (χ1) is 10.5. The van der Waals surface area contributed by atoms with E-state index in [-0.39, 0.29) is 0 Å². The van der Waals surface area contributed by atoms with E-state index >= 15 is 0 Å². The minimum Gasteiger partial charge on any atom is -0.450 e. The molecule has 2 fully saturated rings. The minimum absolute atomic E-state index is 0.466. The van der Waals surface area contributed by atoms with Crippen LogP contribution in [0.5, 0.6) is 0 Å². The number of hydrogen-bond donors (Lipinski definition) is 2. The zero-order valence-electron chi connectivity index (χ0n) is 11.7. The van der Waals surface area contributed by atoms with Crippen LogP contribution < -0.4 is 5.32 Å². The Labute approximate surface area is 126 Å². The van der Waals surface area contributed by atoms with Gasteiger partial charge in [0, 0.05) is 0 Å². The molecule has 1 aromatic rings. The van der Waals surface area contributed by atoms with Crippen LogP contribution in [0.2, 0.25) is 0 Å². The number of carboxylic acid groups (broad SMARTS) is 1. The molecule has 1 aliphatic carbocycles. The van der Waals surface area contributed by atoms with E-state index in [1.165, 1.54) is 0 Å². The fourth-order valence-electron chi connectivity index (χ4n) is 2.89. The zero-order valence-corrected chi connectivity index (χ0v) is 11.7. The summed E-state index contributed by atoms with van der Waals surface area (Å²) in [5.74, 6) is -3.60. The van der Waals surface area contributed by atoms with Crippen molar-refractivity contribution in [3.05, 3.63) is 35.9 Å². The summed E-state index contributed by atoms with van der Waals surface area (Å²) >= 11 is 0. The summed E-state index contributed by atoms with van der Waals surface area (Å²) in [5.41, 5.74) is 0.0281. The fraction of sp³-hybridized carbons (Fsp3) is 0.400. The van der Waals surface area contributed by atoms with Crippen LogP contribution in [-0.2, 0) is 24.7 Å². The zero-order chi connectivity index (χ0) is 15.8. The quantitative estimate of drug-likeness (QED) is 0.497. The number of benzene rings is 1.